The van der Waals surface area contributed by atoms with Crippen LogP contribution in [0.3, 0.4) is 0 Å². The molecule has 1 saturated heterocycles. The molecular weight excluding hydrogens is 254 g/mol. The zero-order chi connectivity index (χ0) is 13.8. The van der Waals surface area contributed by atoms with Crippen molar-refractivity contribution in [2.45, 2.75) is 26.7 Å². The third kappa shape index (κ3) is 4.55. The van der Waals surface area contributed by atoms with Crippen LogP contribution >= 0.6 is 0 Å². The highest BCUT2D eigenvalue weighted by Crippen LogP contribution is 2.31. The van der Waals surface area contributed by atoms with E-state index in [2.05, 4.69) is 10.6 Å². The Hall–Kier alpha value is -0.660. The molecule has 0 saturated carbocycles. The van der Waals surface area contributed by atoms with Crippen molar-refractivity contribution in [3.05, 3.63) is 0 Å². The van der Waals surface area contributed by atoms with Gasteiger partial charge in [-0.15, -0.1) is 0 Å². The van der Waals surface area contributed by atoms with Gasteiger partial charge in [-0.25, -0.2) is 13.6 Å². The van der Waals surface area contributed by atoms with Crippen LogP contribution in [0, 0.1) is 11.3 Å². The summed E-state index contributed by atoms with van der Waals surface area (Å²) in [5.74, 6) is -0.0573. The van der Waals surface area contributed by atoms with Crippen LogP contribution in [-0.4, -0.2) is 39.7 Å². The molecule has 0 radical (unpaired) electrons. The third-order valence-corrected chi connectivity index (χ3v) is 4.35. The van der Waals surface area contributed by atoms with Gasteiger partial charge < -0.3 is 10.6 Å². The summed E-state index contributed by atoms with van der Waals surface area (Å²) in [4.78, 5) is 12.1. The Bertz CT molecular complexity index is 386. The van der Waals surface area contributed by atoms with Gasteiger partial charge in [0.2, 0.25) is 15.9 Å². The minimum absolute atomic E-state index is 0.0707. The number of hydrogen-bond donors (Lipinski definition) is 3. The molecule has 1 unspecified atom stereocenters. The largest absolute Gasteiger partial charge is 0.355 e. The first kappa shape index (κ1) is 15.4. The summed E-state index contributed by atoms with van der Waals surface area (Å²) < 4.78 is 21.6. The molecule has 0 spiro atoms. The third-order valence-electron chi connectivity index (χ3n) is 3.57. The Balaban J connectivity index is 2.48. The van der Waals surface area contributed by atoms with E-state index >= 15 is 0 Å². The second-order valence-corrected chi connectivity index (χ2v) is 7.12. The van der Waals surface area contributed by atoms with Gasteiger partial charge in [0.15, 0.2) is 0 Å². The molecule has 0 aliphatic carbocycles. The number of rotatable bonds is 5. The second-order valence-electron chi connectivity index (χ2n) is 5.39. The number of carbonyl (C=O) groups is 1. The Kier molecular flexibility index (Phi) is 5.12. The molecule has 1 aliphatic rings. The molecule has 1 fully saturated rings. The SMILES string of the molecule is CC(C)(C(=O)NCCS(N)(=O)=O)C1CCCNC1. The van der Waals surface area contributed by atoms with E-state index in [9.17, 15) is 13.2 Å². The number of primary sulfonamides is 1. The van der Waals surface area contributed by atoms with Crippen LogP contribution in [0.25, 0.3) is 0 Å². The van der Waals surface area contributed by atoms with E-state index in [4.69, 9.17) is 5.14 Å². The molecule has 18 heavy (non-hydrogen) atoms. The molecule has 1 rings (SSSR count). The molecule has 0 aromatic rings. The van der Waals surface area contributed by atoms with Crippen LogP contribution in [0.1, 0.15) is 26.7 Å². The summed E-state index contributed by atoms with van der Waals surface area (Å²) in [5, 5.41) is 10.8. The van der Waals surface area contributed by atoms with Crippen LogP contribution in [-0.2, 0) is 14.8 Å². The number of amides is 1. The van der Waals surface area contributed by atoms with Gasteiger partial charge >= 0.3 is 0 Å². The Morgan fingerprint density at radius 3 is 2.67 bits per heavy atom. The number of carbonyl (C=O) groups excluding carboxylic acids is 1. The maximum atomic E-state index is 12.1. The lowest BCUT2D eigenvalue weighted by Gasteiger charge is -2.36. The van der Waals surface area contributed by atoms with Gasteiger partial charge in [-0.3, -0.25) is 4.79 Å². The molecule has 1 amide bonds. The minimum atomic E-state index is -3.52. The molecule has 1 atom stereocenters. The molecule has 0 aromatic carbocycles. The van der Waals surface area contributed by atoms with Crippen LogP contribution in [0.5, 0.6) is 0 Å². The van der Waals surface area contributed by atoms with Crippen molar-refractivity contribution in [1.82, 2.24) is 10.6 Å². The van der Waals surface area contributed by atoms with E-state index in [1.165, 1.54) is 0 Å². The van der Waals surface area contributed by atoms with E-state index in [1.807, 2.05) is 13.8 Å². The standard InChI is InChI=1S/C11H23N3O3S/c1-11(2,9-4-3-5-13-8-9)10(15)14-6-7-18(12,16)17/h9,13H,3-8H2,1-2H3,(H,14,15)(H2,12,16,17). The quantitative estimate of drug-likeness (QED) is 0.625. The van der Waals surface area contributed by atoms with Crippen LogP contribution in [0.15, 0.2) is 0 Å². The monoisotopic (exact) mass is 277 g/mol. The van der Waals surface area contributed by atoms with Gasteiger partial charge in [0.1, 0.15) is 0 Å². The molecule has 1 aliphatic heterocycles. The highest BCUT2D eigenvalue weighted by molar-refractivity contribution is 7.89. The average molecular weight is 277 g/mol. The summed E-state index contributed by atoms with van der Waals surface area (Å²) >= 11 is 0. The normalized spacial score (nSPS) is 21.6. The van der Waals surface area contributed by atoms with Gasteiger partial charge in [-0.1, -0.05) is 13.8 Å². The number of nitrogens with one attached hydrogen (secondary N) is 2. The summed E-state index contributed by atoms with van der Waals surface area (Å²) in [7, 11) is -3.52. The van der Waals surface area contributed by atoms with Gasteiger partial charge in [-0.2, -0.15) is 0 Å². The average Bonchev–Trinajstić information content (AvgIpc) is 2.28. The Labute approximate surface area is 109 Å². The van der Waals surface area contributed by atoms with Crippen molar-refractivity contribution in [3.8, 4) is 0 Å². The van der Waals surface area contributed by atoms with E-state index in [-0.39, 0.29) is 24.1 Å². The van der Waals surface area contributed by atoms with Crippen molar-refractivity contribution in [2.24, 2.45) is 16.5 Å². The maximum absolute atomic E-state index is 12.1. The molecule has 7 heteroatoms. The number of nitrogens with two attached hydrogens (primary N) is 1. The molecule has 0 bridgehead atoms. The van der Waals surface area contributed by atoms with Gasteiger partial charge in [-0.05, 0) is 31.8 Å². The van der Waals surface area contributed by atoms with Gasteiger partial charge in [0.05, 0.1) is 5.75 Å². The second kappa shape index (κ2) is 5.99. The Morgan fingerprint density at radius 1 is 1.50 bits per heavy atom. The van der Waals surface area contributed by atoms with Crippen molar-refractivity contribution >= 4 is 15.9 Å². The number of hydrogen-bond acceptors (Lipinski definition) is 4. The summed E-state index contributed by atoms with van der Waals surface area (Å²) in [5.41, 5.74) is -0.494. The summed E-state index contributed by atoms with van der Waals surface area (Å²) in [6.45, 7) is 5.70. The number of piperidine rings is 1. The molecule has 0 aromatic heterocycles. The van der Waals surface area contributed by atoms with Gasteiger partial charge in [0.25, 0.3) is 0 Å². The molecular formula is C11H23N3O3S. The summed E-state index contributed by atoms with van der Waals surface area (Å²) in [6, 6.07) is 0. The molecule has 4 N–H and O–H groups in total. The van der Waals surface area contributed by atoms with E-state index < -0.39 is 15.4 Å². The van der Waals surface area contributed by atoms with E-state index in [1.54, 1.807) is 0 Å². The first-order chi connectivity index (χ1) is 8.23. The van der Waals surface area contributed by atoms with Crippen molar-refractivity contribution in [3.63, 3.8) is 0 Å². The predicted octanol–water partition coefficient (Wildman–Crippen LogP) is -0.583. The fourth-order valence-corrected chi connectivity index (χ4v) is 2.57. The van der Waals surface area contributed by atoms with Crippen molar-refractivity contribution in [2.75, 3.05) is 25.4 Å². The molecule has 106 valence electrons. The zero-order valence-electron chi connectivity index (χ0n) is 11.0. The van der Waals surface area contributed by atoms with Gasteiger partial charge in [0, 0.05) is 12.0 Å². The first-order valence-electron chi connectivity index (χ1n) is 6.23. The van der Waals surface area contributed by atoms with Crippen molar-refractivity contribution in [1.29, 1.82) is 0 Å². The van der Waals surface area contributed by atoms with Crippen LogP contribution < -0.4 is 15.8 Å². The smallest absolute Gasteiger partial charge is 0.226 e. The lowest BCUT2D eigenvalue weighted by atomic mass is 9.74. The highest BCUT2D eigenvalue weighted by atomic mass is 32.2. The molecule has 6 nitrogen and oxygen atoms in total. The summed E-state index contributed by atoms with van der Waals surface area (Å²) in [6.07, 6.45) is 2.08. The fourth-order valence-electron chi connectivity index (χ4n) is 2.19. The minimum Gasteiger partial charge on any atom is -0.355 e. The highest BCUT2D eigenvalue weighted by Gasteiger charge is 2.36. The Morgan fingerprint density at radius 2 is 2.17 bits per heavy atom. The van der Waals surface area contributed by atoms with Crippen LogP contribution in [0.4, 0.5) is 0 Å². The lowest BCUT2D eigenvalue weighted by Crippen LogP contribution is -2.48. The maximum Gasteiger partial charge on any atom is 0.226 e. The van der Waals surface area contributed by atoms with E-state index in [0.717, 1.165) is 25.9 Å². The first-order valence-corrected chi connectivity index (χ1v) is 7.94. The van der Waals surface area contributed by atoms with E-state index in [0.29, 0.717) is 0 Å². The zero-order valence-corrected chi connectivity index (χ0v) is 11.8. The fraction of sp³-hybridized carbons (Fsp3) is 0.909. The predicted molar refractivity (Wildman–Crippen MR) is 70.4 cm³/mol. The lowest BCUT2D eigenvalue weighted by molar-refractivity contribution is -0.132. The number of sulfonamides is 1. The van der Waals surface area contributed by atoms with Crippen molar-refractivity contribution < 1.29 is 13.2 Å². The topological polar surface area (TPSA) is 101 Å². The van der Waals surface area contributed by atoms with Crippen LogP contribution in [0.2, 0.25) is 0 Å². The molecule has 1 heterocycles.